The second-order valence-corrected chi connectivity index (χ2v) is 6.66. The molecule has 19 heavy (non-hydrogen) atoms. The molecule has 1 atom stereocenters. The molecule has 1 saturated carbocycles. The van der Waals surface area contributed by atoms with Gasteiger partial charge >= 0.3 is 0 Å². The molecule has 0 aliphatic heterocycles. The molecule has 2 nitrogen and oxygen atoms in total. The highest BCUT2D eigenvalue weighted by atomic mass is 32.1. The molecule has 1 aromatic heterocycles. The minimum Gasteiger partial charge on any atom is -0.313 e. The maximum absolute atomic E-state index is 4.37. The number of hydrogen-bond acceptors (Lipinski definition) is 3. The minimum atomic E-state index is 0.557. The fourth-order valence-corrected chi connectivity index (χ4v) is 3.25. The van der Waals surface area contributed by atoms with Crippen LogP contribution in [0.4, 0.5) is 0 Å². The van der Waals surface area contributed by atoms with E-state index in [1.165, 1.54) is 23.3 Å². The largest absolute Gasteiger partial charge is 0.313 e. The molecule has 1 aliphatic carbocycles. The van der Waals surface area contributed by atoms with Crippen LogP contribution < -0.4 is 5.32 Å². The zero-order chi connectivity index (χ0) is 13.1. The van der Waals surface area contributed by atoms with Gasteiger partial charge < -0.3 is 5.32 Å². The topological polar surface area (TPSA) is 24.9 Å². The van der Waals surface area contributed by atoms with Crippen LogP contribution in [0.5, 0.6) is 0 Å². The SMILES string of the molecule is Cc1ncc(CC(CNC2CC2)c2ccccc2)s1. The smallest absolute Gasteiger partial charge is 0.0896 e. The van der Waals surface area contributed by atoms with Crippen molar-refractivity contribution in [3.63, 3.8) is 0 Å². The fourth-order valence-electron chi connectivity index (χ4n) is 2.37. The van der Waals surface area contributed by atoms with Gasteiger partial charge in [0.15, 0.2) is 0 Å². The van der Waals surface area contributed by atoms with Crippen LogP contribution in [-0.2, 0) is 6.42 Å². The van der Waals surface area contributed by atoms with Gasteiger partial charge in [-0.15, -0.1) is 11.3 Å². The van der Waals surface area contributed by atoms with Crippen LogP contribution in [0.25, 0.3) is 0 Å². The third-order valence-corrected chi connectivity index (χ3v) is 4.55. The highest BCUT2D eigenvalue weighted by molar-refractivity contribution is 7.11. The van der Waals surface area contributed by atoms with E-state index in [0.29, 0.717) is 5.92 Å². The van der Waals surface area contributed by atoms with Crippen LogP contribution in [0, 0.1) is 6.92 Å². The Hall–Kier alpha value is -1.19. The molecule has 2 aromatic rings. The number of aryl methyl sites for hydroxylation is 1. The van der Waals surface area contributed by atoms with Crippen molar-refractivity contribution in [2.24, 2.45) is 0 Å². The molecule has 1 fully saturated rings. The van der Waals surface area contributed by atoms with Crippen molar-refractivity contribution in [1.29, 1.82) is 0 Å². The highest BCUT2D eigenvalue weighted by Crippen LogP contribution is 2.25. The molecule has 0 radical (unpaired) electrons. The lowest BCUT2D eigenvalue weighted by molar-refractivity contribution is 0.579. The Morgan fingerprint density at radius 2 is 2.11 bits per heavy atom. The number of benzene rings is 1. The van der Waals surface area contributed by atoms with E-state index in [4.69, 9.17) is 0 Å². The van der Waals surface area contributed by atoms with Crippen molar-refractivity contribution in [3.8, 4) is 0 Å². The molecule has 1 aromatic carbocycles. The zero-order valence-corrected chi connectivity index (χ0v) is 12.1. The van der Waals surface area contributed by atoms with Crippen LogP contribution in [0.1, 0.15) is 34.2 Å². The molecule has 3 heteroatoms. The Labute approximate surface area is 118 Å². The fraction of sp³-hybridized carbons (Fsp3) is 0.438. The van der Waals surface area contributed by atoms with Crippen molar-refractivity contribution in [3.05, 3.63) is 52.0 Å². The van der Waals surface area contributed by atoms with Crippen LogP contribution in [0.15, 0.2) is 36.5 Å². The zero-order valence-electron chi connectivity index (χ0n) is 11.3. The predicted octanol–water partition coefficient (Wildman–Crippen LogP) is 3.53. The number of thiazole rings is 1. The van der Waals surface area contributed by atoms with Crippen LogP contribution in [0.3, 0.4) is 0 Å². The first-order chi connectivity index (χ1) is 9.31. The summed E-state index contributed by atoms with van der Waals surface area (Å²) in [4.78, 5) is 5.76. The Bertz CT molecular complexity index is 517. The van der Waals surface area contributed by atoms with Gasteiger partial charge in [-0.3, -0.25) is 0 Å². The Kier molecular flexibility index (Phi) is 3.95. The number of hydrogen-bond donors (Lipinski definition) is 1. The molecule has 0 saturated heterocycles. The molecule has 1 N–H and O–H groups in total. The van der Waals surface area contributed by atoms with E-state index in [1.807, 2.05) is 17.5 Å². The van der Waals surface area contributed by atoms with Gasteiger partial charge in [0.05, 0.1) is 5.01 Å². The lowest BCUT2D eigenvalue weighted by Crippen LogP contribution is -2.24. The van der Waals surface area contributed by atoms with Gasteiger partial charge in [-0.2, -0.15) is 0 Å². The van der Waals surface area contributed by atoms with Gasteiger partial charge in [0.1, 0.15) is 0 Å². The average Bonchev–Trinajstić information content (AvgIpc) is 3.18. The van der Waals surface area contributed by atoms with E-state index in [9.17, 15) is 0 Å². The standard InChI is InChI=1S/C16H20N2S/c1-12-17-11-16(19-12)9-14(10-18-15-7-8-15)13-5-3-2-4-6-13/h2-6,11,14-15,18H,7-10H2,1H3. The molecular weight excluding hydrogens is 252 g/mol. The van der Waals surface area contributed by atoms with Gasteiger partial charge in [0.2, 0.25) is 0 Å². The summed E-state index contributed by atoms with van der Waals surface area (Å²) in [7, 11) is 0. The maximum Gasteiger partial charge on any atom is 0.0896 e. The van der Waals surface area contributed by atoms with Gasteiger partial charge in [-0.25, -0.2) is 4.98 Å². The first kappa shape index (κ1) is 12.8. The molecule has 1 unspecified atom stereocenters. The summed E-state index contributed by atoms with van der Waals surface area (Å²) < 4.78 is 0. The summed E-state index contributed by atoms with van der Waals surface area (Å²) in [6, 6.07) is 11.6. The van der Waals surface area contributed by atoms with Crippen molar-refractivity contribution < 1.29 is 0 Å². The van der Waals surface area contributed by atoms with Crippen LogP contribution in [-0.4, -0.2) is 17.6 Å². The quantitative estimate of drug-likeness (QED) is 0.870. The van der Waals surface area contributed by atoms with Crippen molar-refractivity contribution in [2.45, 2.75) is 38.1 Å². The van der Waals surface area contributed by atoms with Crippen LogP contribution in [0.2, 0.25) is 0 Å². The lowest BCUT2D eigenvalue weighted by Gasteiger charge is -2.17. The average molecular weight is 272 g/mol. The van der Waals surface area contributed by atoms with Gasteiger partial charge in [0.25, 0.3) is 0 Å². The monoisotopic (exact) mass is 272 g/mol. The molecule has 1 heterocycles. The Morgan fingerprint density at radius 3 is 2.74 bits per heavy atom. The summed E-state index contributed by atoms with van der Waals surface area (Å²) in [5.41, 5.74) is 1.43. The molecular formula is C16H20N2S. The number of aromatic nitrogens is 1. The Morgan fingerprint density at radius 1 is 1.32 bits per heavy atom. The highest BCUT2D eigenvalue weighted by Gasteiger charge is 2.22. The van der Waals surface area contributed by atoms with E-state index < -0.39 is 0 Å². The predicted molar refractivity (Wildman–Crippen MR) is 80.8 cm³/mol. The van der Waals surface area contributed by atoms with E-state index >= 15 is 0 Å². The Balaban J connectivity index is 1.71. The van der Waals surface area contributed by atoms with Crippen LogP contribution >= 0.6 is 11.3 Å². The summed E-state index contributed by atoms with van der Waals surface area (Å²) in [6.07, 6.45) is 5.82. The first-order valence-electron chi connectivity index (χ1n) is 7.01. The molecule has 0 spiro atoms. The number of rotatable bonds is 6. The summed E-state index contributed by atoms with van der Waals surface area (Å²) in [5, 5.41) is 4.83. The molecule has 3 rings (SSSR count). The molecule has 100 valence electrons. The summed E-state index contributed by atoms with van der Waals surface area (Å²) in [5.74, 6) is 0.557. The normalized spacial score (nSPS) is 16.5. The van der Waals surface area contributed by atoms with Gasteiger partial charge in [-0.05, 0) is 31.7 Å². The number of nitrogens with zero attached hydrogens (tertiary/aromatic N) is 1. The third-order valence-electron chi connectivity index (χ3n) is 3.62. The van der Waals surface area contributed by atoms with Gasteiger partial charge in [0, 0.05) is 29.6 Å². The summed E-state index contributed by atoms with van der Waals surface area (Å²) >= 11 is 1.82. The van der Waals surface area contributed by atoms with Crippen molar-refractivity contribution in [1.82, 2.24) is 10.3 Å². The molecule has 0 amide bonds. The second-order valence-electron chi connectivity index (χ2n) is 5.34. The minimum absolute atomic E-state index is 0.557. The second kappa shape index (κ2) is 5.85. The lowest BCUT2D eigenvalue weighted by atomic mass is 9.95. The summed E-state index contributed by atoms with van der Waals surface area (Å²) in [6.45, 7) is 3.15. The molecule has 0 bridgehead atoms. The van der Waals surface area contributed by atoms with E-state index in [-0.39, 0.29) is 0 Å². The molecule has 1 aliphatic rings. The first-order valence-corrected chi connectivity index (χ1v) is 7.82. The van der Waals surface area contributed by atoms with E-state index in [0.717, 1.165) is 24.0 Å². The number of nitrogens with one attached hydrogen (secondary N) is 1. The van der Waals surface area contributed by atoms with E-state index in [1.54, 1.807) is 0 Å². The maximum atomic E-state index is 4.37. The third kappa shape index (κ3) is 3.64. The van der Waals surface area contributed by atoms with Gasteiger partial charge in [-0.1, -0.05) is 30.3 Å². The van der Waals surface area contributed by atoms with Crippen molar-refractivity contribution >= 4 is 11.3 Å². The van der Waals surface area contributed by atoms with Crippen molar-refractivity contribution in [2.75, 3.05) is 6.54 Å². The van der Waals surface area contributed by atoms with E-state index in [2.05, 4.69) is 47.6 Å².